The third-order valence-electron chi connectivity index (χ3n) is 4.21. The van der Waals surface area contributed by atoms with E-state index < -0.39 is 0 Å². The second-order valence-corrected chi connectivity index (χ2v) is 5.83. The highest BCUT2D eigenvalue weighted by Crippen LogP contribution is 2.33. The van der Waals surface area contributed by atoms with E-state index in [0.717, 1.165) is 0 Å². The smallest absolute Gasteiger partial charge is 0.0153 e. The Hall–Kier alpha value is -0.0800. The molecule has 82 valence electrons. The molecule has 0 atom stereocenters. The Morgan fingerprint density at radius 2 is 1.71 bits per heavy atom. The predicted molar refractivity (Wildman–Crippen MR) is 60.5 cm³/mol. The molecule has 0 spiro atoms. The minimum atomic E-state index is 0.480. The molecule has 0 amide bonds. The molecule has 0 aromatic heterocycles. The zero-order valence-electron chi connectivity index (χ0n) is 9.66. The van der Waals surface area contributed by atoms with Crippen molar-refractivity contribution in [3.05, 3.63) is 0 Å². The Bertz CT molecular complexity index is 190. The fourth-order valence-electron chi connectivity index (χ4n) is 2.52. The molecular formula is C12H24N2. The highest BCUT2D eigenvalue weighted by atomic mass is 15.0. The lowest BCUT2D eigenvalue weighted by Gasteiger charge is -2.44. The highest BCUT2D eigenvalue weighted by molar-refractivity contribution is 4.94. The van der Waals surface area contributed by atoms with Gasteiger partial charge in [0.15, 0.2) is 0 Å². The van der Waals surface area contributed by atoms with E-state index in [1.54, 1.807) is 0 Å². The van der Waals surface area contributed by atoms with Crippen LogP contribution in [0.1, 0.15) is 46.0 Å². The van der Waals surface area contributed by atoms with Gasteiger partial charge < -0.3 is 10.6 Å². The molecule has 0 unspecified atom stereocenters. The van der Waals surface area contributed by atoms with Crippen molar-refractivity contribution < 1.29 is 0 Å². The number of nitrogens with one attached hydrogen (secondary N) is 2. The Morgan fingerprint density at radius 1 is 1.07 bits per heavy atom. The third kappa shape index (κ3) is 2.29. The molecule has 2 rings (SSSR count). The zero-order chi connectivity index (χ0) is 10.1. The summed E-state index contributed by atoms with van der Waals surface area (Å²) in [4.78, 5) is 0. The van der Waals surface area contributed by atoms with Crippen LogP contribution in [0.4, 0.5) is 0 Å². The van der Waals surface area contributed by atoms with Gasteiger partial charge in [-0.1, -0.05) is 6.92 Å². The van der Waals surface area contributed by atoms with Crippen molar-refractivity contribution in [2.24, 2.45) is 5.41 Å². The first-order valence-corrected chi connectivity index (χ1v) is 6.08. The van der Waals surface area contributed by atoms with Gasteiger partial charge in [-0.2, -0.15) is 0 Å². The quantitative estimate of drug-likeness (QED) is 0.720. The predicted octanol–water partition coefficient (Wildman–Crippen LogP) is 1.91. The topological polar surface area (TPSA) is 24.1 Å². The molecule has 0 aromatic rings. The molecule has 2 heteroatoms. The lowest BCUT2D eigenvalue weighted by Crippen LogP contribution is -2.53. The zero-order valence-corrected chi connectivity index (χ0v) is 9.66. The summed E-state index contributed by atoms with van der Waals surface area (Å²) in [7, 11) is 0. The van der Waals surface area contributed by atoms with Crippen molar-refractivity contribution in [3.8, 4) is 0 Å². The van der Waals surface area contributed by atoms with E-state index in [4.69, 9.17) is 0 Å². The maximum Gasteiger partial charge on any atom is 0.0153 e. The van der Waals surface area contributed by atoms with E-state index in [9.17, 15) is 0 Å². The Morgan fingerprint density at radius 3 is 2.21 bits per heavy atom. The van der Waals surface area contributed by atoms with Crippen LogP contribution < -0.4 is 10.6 Å². The van der Waals surface area contributed by atoms with E-state index in [2.05, 4.69) is 24.5 Å². The van der Waals surface area contributed by atoms with Crippen molar-refractivity contribution in [2.45, 2.75) is 51.5 Å². The summed E-state index contributed by atoms with van der Waals surface area (Å²) in [6.07, 6.45) is 6.83. The molecule has 2 fully saturated rings. The van der Waals surface area contributed by atoms with Gasteiger partial charge in [0.1, 0.15) is 0 Å². The summed E-state index contributed by atoms with van der Waals surface area (Å²) < 4.78 is 0. The Kier molecular flexibility index (Phi) is 2.85. The molecule has 1 saturated carbocycles. The average Bonchev–Trinajstić information content (AvgIpc) is 2.13. The van der Waals surface area contributed by atoms with Crippen LogP contribution in [0.15, 0.2) is 0 Å². The standard InChI is InChI=1S/C12H24N2/c1-11(6-8-13-9-7-11)10-14-12(2)4-3-5-12/h13-14H,3-10H2,1-2H3. The van der Waals surface area contributed by atoms with Gasteiger partial charge in [0.2, 0.25) is 0 Å². The van der Waals surface area contributed by atoms with E-state index in [0.29, 0.717) is 11.0 Å². The lowest BCUT2D eigenvalue weighted by atomic mass is 9.75. The molecule has 1 saturated heterocycles. The van der Waals surface area contributed by atoms with Crippen LogP contribution in [0.5, 0.6) is 0 Å². The van der Waals surface area contributed by atoms with Crippen LogP contribution >= 0.6 is 0 Å². The van der Waals surface area contributed by atoms with Crippen molar-refractivity contribution >= 4 is 0 Å². The molecule has 2 N–H and O–H groups in total. The maximum absolute atomic E-state index is 3.78. The van der Waals surface area contributed by atoms with Crippen molar-refractivity contribution in [1.82, 2.24) is 10.6 Å². The molecule has 0 radical (unpaired) electrons. The van der Waals surface area contributed by atoms with Crippen LogP contribution in [0.25, 0.3) is 0 Å². The molecule has 14 heavy (non-hydrogen) atoms. The number of hydrogen-bond donors (Lipinski definition) is 2. The second-order valence-electron chi connectivity index (χ2n) is 5.83. The van der Waals surface area contributed by atoms with Crippen molar-refractivity contribution in [2.75, 3.05) is 19.6 Å². The Balaban J connectivity index is 1.77. The second kappa shape index (κ2) is 3.82. The van der Waals surface area contributed by atoms with Gasteiger partial charge >= 0.3 is 0 Å². The van der Waals surface area contributed by atoms with E-state index in [1.165, 1.54) is 51.7 Å². The van der Waals surface area contributed by atoms with Crippen LogP contribution in [0.2, 0.25) is 0 Å². The van der Waals surface area contributed by atoms with Crippen LogP contribution in [0, 0.1) is 5.41 Å². The summed E-state index contributed by atoms with van der Waals surface area (Å²) in [5.74, 6) is 0. The number of hydrogen-bond acceptors (Lipinski definition) is 2. The van der Waals surface area contributed by atoms with Gasteiger partial charge in [0.25, 0.3) is 0 Å². The minimum Gasteiger partial charge on any atom is -0.317 e. The van der Waals surface area contributed by atoms with Gasteiger partial charge in [0.05, 0.1) is 0 Å². The summed E-state index contributed by atoms with van der Waals surface area (Å²) in [6, 6.07) is 0. The van der Waals surface area contributed by atoms with E-state index in [1.807, 2.05) is 0 Å². The fourth-order valence-corrected chi connectivity index (χ4v) is 2.52. The van der Waals surface area contributed by atoms with Crippen molar-refractivity contribution in [1.29, 1.82) is 0 Å². The summed E-state index contributed by atoms with van der Waals surface area (Å²) in [5.41, 5.74) is 1.03. The number of rotatable bonds is 3. The van der Waals surface area contributed by atoms with Gasteiger partial charge in [-0.3, -0.25) is 0 Å². The molecule has 1 aliphatic heterocycles. The Labute approximate surface area is 87.8 Å². The lowest BCUT2D eigenvalue weighted by molar-refractivity contribution is 0.147. The van der Waals surface area contributed by atoms with Gasteiger partial charge in [0, 0.05) is 12.1 Å². The summed E-state index contributed by atoms with van der Waals surface area (Å²) in [6.45, 7) is 8.43. The average molecular weight is 196 g/mol. The monoisotopic (exact) mass is 196 g/mol. The minimum absolute atomic E-state index is 0.480. The fraction of sp³-hybridized carbons (Fsp3) is 1.00. The summed E-state index contributed by atoms with van der Waals surface area (Å²) >= 11 is 0. The van der Waals surface area contributed by atoms with E-state index in [-0.39, 0.29) is 0 Å². The van der Waals surface area contributed by atoms with Gasteiger partial charge in [-0.15, -0.1) is 0 Å². The molecule has 2 aliphatic rings. The SMILES string of the molecule is CC1(CNC2(C)CCC2)CCNCC1. The molecule has 0 aromatic carbocycles. The molecule has 0 bridgehead atoms. The van der Waals surface area contributed by atoms with E-state index >= 15 is 0 Å². The normalized spacial score (nSPS) is 29.6. The first kappa shape index (κ1) is 10.4. The highest BCUT2D eigenvalue weighted by Gasteiger charge is 2.34. The first-order valence-electron chi connectivity index (χ1n) is 6.08. The maximum atomic E-state index is 3.78. The molecular weight excluding hydrogens is 172 g/mol. The van der Waals surface area contributed by atoms with Gasteiger partial charge in [-0.25, -0.2) is 0 Å². The molecule has 1 heterocycles. The summed E-state index contributed by atoms with van der Waals surface area (Å²) in [5, 5.41) is 7.22. The molecule has 1 aliphatic carbocycles. The first-order chi connectivity index (χ1) is 6.62. The largest absolute Gasteiger partial charge is 0.317 e. The van der Waals surface area contributed by atoms with Gasteiger partial charge in [-0.05, 0) is 57.5 Å². The van der Waals surface area contributed by atoms with Crippen molar-refractivity contribution in [3.63, 3.8) is 0 Å². The van der Waals surface area contributed by atoms with Crippen LogP contribution in [0.3, 0.4) is 0 Å². The van der Waals surface area contributed by atoms with Crippen LogP contribution in [-0.2, 0) is 0 Å². The third-order valence-corrected chi connectivity index (χ3v) is 4.21. The van der Waals surface area contributed by atoms with Crippen LogP contribution in [-0.4, -0.2) is 25.2 Å². The molecule has 2 nitrogen and oxygen atoms in total. The number of piperidine rings is 1.